The molecule has 0 radical (unpaired) electrons. The number of ether oxygens (including phenoxy) is 1. The van der Waals surface area contributed by atoms with E-state index in [0.29, 0.717) is 25.7 Å². The fourth-order valence-electron chi connectivity index (χ4n) is 4.00. The number of anilines is 1. The predicted octanol–water partition coefficient (Wildman–Crippen LogP) is -1.26. The van der Waals surface area contributed by atoms with Crippen LogP contribution in [0.3, 0.4) is 0 Å². The summed E-state index contributed by atoms with van der Waals surface area (Å²) in [5.41, 5.74) is 2.25. The molecule has 4 rings (SSSR count). The van der Waals surface area contributed by atoms with Gasteiger partial charge in [-0.25, -0.2) is 0 Å². The van der Waals surface area contributed by atoms with Crippen LogP contribution >= 0.6 is 11.8 Å². The SMILES string of the molecule is C=CC(=O)N1CCN(c2nc(OCCN3CCSCC3)nc3c2CCNC3)CC1.O.O. The van der Waals surface area contributed by atoms with Gasteiger partial charge in [0, 0.05) is 69.4 Å². The van der Waals surface area contributed by atoms with Crippen LogP contribution in [0.15, 0.2) is 12.7 Å². The van der Waals surface area contributed by atoms with E-state index < -0.39 is 0 Å². The van der Waals surface area contributed by atoms with Crippen molar-refractivity contribution in [2.24, 2.45) is 0 Å². The third kappa shape index (κ3) is 6.30. The van der Waals surface area contributed by atoms with Crippen LogP contribution in [0.25, 0.3) is 0 Å². The van der Waals surface area contributed by atoms with Gasteiger partial charge in [-0.15, -0.1) is 0 Å². The number of thioether (sulfide) groups is 1. The van der Waals surface area contributed by atoms with Crippen LogP contribution in [-0.2, 0) is 17.8 Å². The Kier molecular flexibility index (Phi) is 9.97. The van der Waals surface area contributed by atoms with Gasteiger partial charge in [0.25, 0.3) is 0 Å². The summed E-state index contributed by atoms with van der Waals surface area (Å²) in [6.45, 7) is 12.0. The lowest BCUT2D eigenvalue weighted by Gasteiger charge is -2.36. The summed E-state index contributed by atoms with van der Waals surface area (Å²) in [4.78, 5) is 27.9. The van der Waals surface area contributed by atoms with Crippen molar-refractivity contribution in [2.75, 3.05) is 75.4 Å². The van der Waals surface area contributed by atoms with Gasteiger partial charge in [-0.3, -0.25) is 9.69 Å². The highest BCUT2D eigenvalue weighted by atomic mass is 32.2. The number of carbonyl (C=O) groups excluding carboxylic acids is 1. The molecule has 5 N–H and O–H groups in total. The second-order valence-corrected chi connectivity index (χ2v) is 8.73. The maximum absolute atomic E-state index is 11.9. The molecule has 0 saturated carbocycles. The lowest BCUT2D eigenvalue weighted by Crippen LogP contribution is -2.49. The fraction of sp³-hybridized carbons (Fsp3) is 0.650. The van der Waals surface area contributed by atoms with Crippen LogP contribution in [0.5, 0.6) is 6.01 Å². The largest absolute Gasteiger partial charge is 0.462 e. The summed E-state index contributed by atoms with van der Waals surface area (Å²) in [7, 11) is 0. The highest BCUT2D eigenvalue weighted by molar-refractivity contribution is 7.99. The Balaban J connectivity index is 0.00000171. The molecule has 2 saturated heterocycles. The number of rotatable bonds is 6. The Morgan fingerprint density at radius 3 is 2.58 bits per heavy atom. The number of amides is 1. The summed E-state index contributed by atoms with van der Waals surface area (Å²) in [5, 5.41) is 3.40. The van der Waals surface area contributed by atoms with Gasteiger partial charge in [-0.2, -0.15) is 21.7 Å². The predicted molar refractivity (Wildman–Crippen MR) is 123 cm³/mol. The quantitative estimate of drug-likeness (QED) is 0.526. The average molecular weight is 455 g/mol. The first-order chi connectivity index (χ1) is 14.2. The van der Waals surface area contributed by atoms with Crippen LogP contribution in [0, 0.1) is 0 Å². The summed E-state index contributed by atoms with van der Waals surface area (Å²) in [5.74, 6) is 3.38. The zero-order chi connectivity index (χ0) is 20.1. The highest BCUT2D eigenvalue weighted by Crippen LogP contribution is 2.27. The van der Waals surface area contributed by atoms with Crippen molar-refractivity contribution >= 4 is 23.5 Å². The average Bonchev–Trinajstić information content (AvgIpc) is 2.79. The minimum Gasteiger partial charge on any atom is -0.462 e. The van der Waals surface area contributed by atoms with Gasteiger partial charge in [0.1, 0.15) is 12.4 Å². The lowest BCUT2D eigenvalue weighted by molar-refractivity contribution is -0.126. The van der Waals surface area contributed by atoms with E-state index in [2.05, 4.69) is 26.7 Å². The summed E-state index contributed by atoms with van der Waals surface area (Å²) >= 11 is 2.02. The number of nitrogens with zero attached hydrogens (tertiary/aromatic N) is 5. The number of carbonyl (C=O) groups is 1. The molecule has 1 amide bonds. The van der Waals surface area contributed by atoms with E-state index in [9.17, 15) is 4.79 Å². The lowest BCUT2D eigenvalue weighted by atomic mass is 10.1. The topological polar surface area (TPSA) is 137 Å². The van der Waals surface area contributed by atoms with Crippen molar-refractivity contribution in [3.63, 3.8) is 0 Å². The Labute approximate surface area is 187 Å². The molecule has 4 heterocycles. The van der Waals surface area contributed by atoms with Gasteiger partial charge < -0.3 is 30.8 Å². The molecule has 2 fully saturated rings. The fourth-order valence-corrected chi connectivity index (χ4v) is 4.98. The van der Waals surface area contributed by atoms with Crippen LogP contribution in [0.1, 0.15) is 11.3 Å². The van der Waals surface area contributed by atoms with Gasteiger partial charge in [-0.05, 0) is 19.0 Å². The molecule has 11 heteroatoms. The molecule has 10 nitrogen and oxygen atoms in total. The molecular formula is C20H34N6O4S. The first-order valence-electron chi connectivity index (χ1n) is 10.4. The summed E-state index contributed by atoms with van der Waals surface area (Å²) < 4.78 is 5.98. The number of piperazine rings is 1. The van der Waals surface area contributed by atoms with Gasteiger partial charge >= 0.3 is 6.01 Å². The van der Waals surface area contributed by atoms with E-state index in [4.69, 9.17) is 9.72 Å². The van der Waals surface area contributed by atoms with Gasteiger partial charge in [-0.1, -0.05) is 6.58 Å². The van der Waals surface area contributed by atoms with Gasteiger partial charge in [0.15, 0.2) is 0 Å². The van der Waals surface area contributed by atoms with Gasteiger partial charge in [0.05, 0.1) is 5.69 Å². The Hall–Kier alpha value is -1.92. The molecular weight excluding hydrogens is 420 g/mol. The molecule has 174 valence electrons. The van der Waals surface area contributed by atoms with E-state index in [0.717, 1.165) is 63.7 Å². The normalized spacial score (nSPS) is 19.0. The number of aromatic nitrogens is 2. The molecule has 0 aromatic carbocycles. The third-order valence-corrected chi connectivity index (χ3v) is 6.65. The zero-order valence-corrected chi connectivity index (χ0v) is 18.8. The zero-order valence-electron chi connectivity index (χ0n) is 17.9. The van der Waals surface area contributed by atoms with Crippen molar-refractivity contribution in [3.8, 4) is 6.01 Å². The molecule has 0 aliphatic carbocycles. The Morgan fingerprint density at radius 1 is 1.13 bits per heavy atom. The molecule has 3 aliphatic rings. The summed E-state index contributed by atoms with van der Waals surface area (Å²) in [6, 6.07) is 0.471. The van der Waals surface area contributed by atoms with E-state index in [1.54, 1.807) is 0 Å². The van der Waals surface area contributed by atoms with Crippen molar-refractivity contribution < 1.29 is 20.5 Å². The number of nitrogens with one attached hydrogen (secondary N) is 1. The van der Waals surface area contributed by atoms with Crippen molar-refractivity contribution in [3.05, 3.63) is 23.9 Å². The standard InChI is InChI=1S/C20H30N6O2S.2H2O/c1-2-18(27)25-5-7-26(8-6-25)19-16-3-4-21-15-17(16)22-20(23-19)28-12-9-24-10-13-29-14-11-24;;/h2,21H,1,3-15H2;2*1H2. The highest BCUT2D eigenvalue weighted by Gasteiger charge is 2.26. The molecule has 31 heavy (non-hydrogen) atoms. The molecule has 0 spiro atoms. The smallest absolute Gasteiger partial charge is 0.318 e. The minimum absolute atomic E-state index is 0. The first-order valence-corrected chi connectivity index (χ1v) is 11.6. The molecule has 0 bridgehead atoms. The summed E-state index contributed by atoms with van der Waals surface area (Å²) in [6.07, 6.45) is 2.31. The number of hydrogen-bond acceptors (Lipinski definition) is 8. The second kappa shape index (κ2) is 12.2. The Morgan fingerprint density at radius 2 is 1.87 bits per heavy atom. The van der Waals surface area contributed by atoms with Crippen LogP contribution in [0.4, 0.5) is 5.82 Å². The van der Waals surface area contributed by atoms with Crippen LogP contribution in [-0.4, -0.2) is 107 Å². The molecule has 3 aliphatic heterocycles. The van der Waals surface area contributed by atoms with E-state index in [1.807, 2.05) is 16.7 Å². The first kappa shape index (κ1) is 25.3. The van der Waals surface area contributed by atoms with Crippen LogP contribution in [0.2, 0.25) is 0 Å². The number of fused-ring (bicyclic) bond motifs is 1. The number of hydrogen-bond donors (Lipinski definition) is 1. The third-order valence-electron chi connectivity index (χ3n) is 5.70. The van der Waals surface area contributed by atoms with E-state index in [-0.39, 0.29) is 16.9 Å². The maximum Gasteiger partial charge on any atom is 0.318 e. The monoisotopic (exact) mass is 454 g/mol. The Bertz CT molecular complexity index is 739. The van der Waals surface area contributed by atoms with E-state index >= 15 is 0 Å². The minimum atomic E-state index is -0.00120. The second-order valence-electron chi connectivity index (χ2n) is 7.50. The van der Waals surface area contributed by atoms with Gasteiger partial charge in [0.2, 0.25) is 5.91 Å². The van der Waals surface area contributed by atoms with E-state index in [1.165, 1.54) is 23.1 Å². The van der Waals surface area contributed by atoms with Crippen molar-refractivity contribution in [2.45, 2.75) is 13.0 Å². The molecule has 0 atom stereocenters. The van der Waals surface area contributed by atoms with Crippen molar-refractivity contribution in [1.29, 1.82) is 0 Å². The van der Waals surface area contributed by atoms with Crippen molar-refractivity contribution in [1.82, 2.24) is 25.1 Å². The van der Waals surface area contributed by atoms with Crippen LogP contribution < -0.4 is 15.0 Å². The maximum atomic E-state index is 11.9. The molecule has 0 unspecified atom stereocenters. The molecule has 1 aromatic heterocycles. The molecule has 1 aromatic rings.